The summed E-state index contributed by atoms with van der Waals surface area (Å²) in [5.41, 5.74) is 0.664. The fourth-order valence-electron chi connectivity index (χ4n) is 0.622. The Morgan fingerprint density at radius 3 is 1.17 bits per heavy atom. The van der Waals surface area contributed by atoms with Gasteiger partial charge < -0.3 is 0 Å². The summed E-state index contributed by atoms with van der Waals surface area (Å²) in [5.74, 6) is 0. The van der Waals surface area contributed by atoms with Gasteiger partial charge in [0.25, 0.3) is 0 Å². The predicted molar refractivity (Wildman–Crippen MR) is 70.3 cm³/mol. The van der Waals surface area contributed by atoms with Crippen LogP contribution in [0.15, 0.2) is 22.4 Å². The van der Waals surface area contributed by atoms with E-state index in [0.29, 0.717) is 5.46 Å². The molecule has 0 aliphatic rings. The zero-order valence-electron chi connectivity index (χ0n) is 5.47. The lowest BCUT2D eigenvalue weighted by molar-refractivity contribution is 1.50. The molecule has 0 nitrogen and oxygen atoms in total. The van der Waals surface area contributed by atoms with Crippen LogP contribution in [0.25, 0.3) is 0 Å². The molecular formula is C6BBr5. The van der Waals surface area contributed by atoms with E-state index in [2.05, 4.69) is 79.6 Å². The molecule has 0 heterocycles. The van der Waals surface area contributed by atoms with Gasteiger partial charge in [0.05, 0.1) is 0 Å². The molecule has 62 valence electrons. The minimum absolute atomic E-state index is 0.664. The van der Waals surface area contributed by atoms with E-state index in [4.69, 9.17) is 7.85 Å². The second-order valence-electron chi connectivity index (χ2n) is 1.98. The molecule has 0 atom stereocenters. The average Bonchev–Trinajstić information content (AvgIpc) is 2.08. The molecule has 0 aliphatic heterocycles. The summed E-state index contributed by atoms with van der Waals surface area (Å²) in [4.78, 5) is 0. The Balaban J connectivity index is 3.60. The van der Waals surface area contributed by atoms with Crippen molar-refractivity contribution < 1.29 is 0 Å². The topological polar surface area (TPSA) is 0 Å². The molecule has 12 heavy (non-hydrogen) atoms. The fourth-order valence-corrected chi connectivity index (χ4v) is 3.70. The molecule has 0 fully saturated rings. The predicted octanol–water partition coefficient (Wildman–Crippen LogP) is 4.29. The molecule has 0 N–H and O–H groups in total. The van der Waals surface area contributed by atoms with Crippen LogP contribution in [0.3, 0.4) is 0 Å². The van der Waals surface area contributed by atoms with Gasteiger partial charge in [-0.2, -0.15) is 0 Å². The highest BCUT2D eigenvalue weighted by atomic mass is 79.9. The van der Waals surface area contributed by atoms with Crippen molar-refractivity contribution in [2.45, 2.75) is 0 Å². The van der Waals surface area contributed by atoms with Crippen LogP contribution < -0.4 is 5.46 Å². The van der Waals surface area contributed by atoms with E-state index in [1.165, 1.54) is 0 Å². The van der Waals surface area contributed by atoms with Crippen LogP contribution in [-0.4, -0.2) is 7.85 Å². The van der Waals surface area contributed by atoms with Gasteiger partial charge in [-0.1, -0.05) is 37.3 Å². The summed E-state index contributed by atoms with van der Waals surface area (Å²) < 4.78 is 4.40. The van der Waals surface area contributed by atoms with Crippen molar-refractivity contribution in [1.29, 1.82) is 0 Å². The Kier molecular flexibility index (Phi) is 4.38. The average molecular weight is 482 g/mol. The summed E-state index contributed by atoms with van der Waals surface area (Å²) in [6, 6.07) is 0. The van der Waals surface area contributed by atoms with E-state index < -0.39 is 0 Å². The molecule has 1 aromatic rings. The summed E-state index contributed by atoms with van der Waals surface area (Å²) >= 11 is 16.9. The first-order chi connectivity index (χ1) is 5.46. The van der Waals surface area contributed by atoms with Crippen molar-refractivity contribution in [3.05, 3.63) is 22.4 Å². The van der Waals surface area contributed by atoms with E-state index in [1.54, 1.807) is 0 Å². The van der Waals surface area contributed by atoms with Crippen molar-refractivity contribution >= 4 is 93.0 Å². The number of rotatable bonds is 0. The van der Waals surface area contributed by atoms with Gasteiger partial charge in [0, 0.05) is 22.4 Å². The number of hydrogen-bond donors (Lipinski definition) is 0. The standard InChI is InChI=1S/C6BBr5/c7-1-2(8)4(10)6(12)5(11)3(1)9. The highest BCUT2D eigenvalue weighted by Crippen LogP contribution is 2.39. The van der Waals surface area contributed by atoms with E-state index in [0.717, 1.165) is 22.4 Å². The van der Waals surface area contributed by atoms with E-state index in [9.17, 15) is 0 Å². The first-order valence-corrected chi connectivity index (χ1v) is 6.70. The molecule has 0 amide bonds. The third-order valence-corrected chi connectivity index (χ3v) is 7.40. The third-order valence-electron chi connectivity index (χ3n) is 1.24. The largest absolute Gasteiger partial charge is 0.117 e. The van der Waals surface area contributed by atoms with E-state index >= 15 is 0 Å². The summed E-state index contributed by atoms with van der Waals surface area (Å²) in [7, 11) is 5.78. The first-order valence-electron chi connectivity index (χ1n) is 2.73. The number of hydrogen-bond acceptors (Lipinski definition) is 0. The Bertz CT molecular complexity index is 230. The second kappa shape index (κ2) is 4.47. The SMILES string of the molecule is [B]c1c(Br)c(Br)c(Br)c(Br)c1Br. The normalized spacial score (nSPS) is 10.4. The van der Waals surface area contributed by atoms with Crippen LogP contribution in [-0.2, 0) is 0 Å². The minimum Gasteiger partial charge on any atom is -0.0665 e. The molecule has 0 aliphatic carbocycles. The van der Waals surface area contributed by atoms with Crippen molar-refractivity contribution in [3.8, 4) is 0 Å². The van der Waals surface area contributed by atoms with E-state index in [1.807, 2.05) is 0 Å². The highest BCUT2D eigenvalue weighted by Gasteiger charge is 2.13. The lowest BCUT2D eigenvalue weighted by Crippen LogP contribution is -2.08. The highest BCUT2D eigenvalue weighted by molar-refractivity contribution is 9.15. The van der Waals surface area contributed by atoms with Gasteiger partial charge >= 0.3 is 0 Å². The maximum absolute atomic E-state index is 5.78. The van der Waals surface area contributed by atoms with Gasteiger partial charge in [-0.05, 0) is 47.8 Å². The van der Waals surface area contributed by atoms with Crippen LogP contribution in [0.4, 0.5) is 0 Å². The number of benzene rings is 1. The Labute approximate surface area is 114 Å². The molecule has 0 saturated carbocycles. The fraction of sp³-hybridized carbons (Fsp3) is 0. The summed E-state index contributed by atoms with van der Waals surface area (Å²) in [5, 5.41) is 0. The van der Waals surface area contributed by atoms with Gasteiger partial charge in [0.1, 0.15) is 7.85 Å². The van der Waals surface area contributed by atoms with Crippen LogP contribution in [0, 0.1) is 0 Å². The Hall–Kier alpha value is 1.68. The Morgan fingerprint density at radius 2 is 0.833 bits per heavy atom. The van der Waals surface area contributed by atoms with Gasteiger partial charge in [-0.3, -0.25) is 0 Å². The maximum atomic E-state index is 5.78. The summed E-state index contributed by atoms with van der Waals surface area (Å²) in [6.07, 6.45) is 0. The quantitative estimate of drug-likeness (QED) is 0.294. The lowest BCUT2D eigenvalue weighted by atomic mass is 9.97. The van der Waals surface area contributed by atoms with Crippen molar-refractivity contribution in [3.63, 3.8) is 0 Å². The van der Waals surface area contributed by atoms with Crippen molar-refractivity contribution in [2.75, 3.05) is 0 Å². The molecule has 0 unspecified atom stereocenters. The monoisotopic (exact) mass is 478 g/mol. The second-order valence-corrected chi connectivity index (χ2v) is 5.95. The van der Waals surface area contributed by atoms with Crippen LogP contribution >= 0.6 is 79.6 Å². The third kappa shape index (κ3) is 2.02. The van der Waals surface area contributed by atoms with Crippen molar-refractivity contribution in [1.82, 2.24) is 0 Å². The molecular weight excluding hydrogens is 482 g/mol. The minimum atomic E-state index is 0.664. The Morgan fingerprint density at radius 1 is 0.583 bits per heavy atom. The van der Waals surface area contributed by atoms with Gasteiger partial charge in [0.2, 0.25) is 0 Å². The zero-order chi connectivity index (χ0) is 9.46. The smallest absolute Gasteiger partial charge is 0.0665 e. The maximum Gasteiger partial charge on any atom is 0.117 e. The van der Waals surface area contributed by atoms with Crippen LogP contribution in [0.2, 0.25) is 0 Å². The molecule has 6 heteroatoms. The molecule has 2 radical (unpaired) electrons. The van der Waals surface area contributed by atoms with Gasteiger partial charge in [0.15, 0.2) is 0 Å². The lowest BCUT2D eigenvalue weighted by Gasteiger charge is -2.09. The van der Waals surface area contributed by atoms with E-state index in [-0.39, 0.29) is 0 Å². The van der Waals surface area contributed by atoms with Crippen LogP contribution in [0.5, 0.6) is 0 Å². The molecule has 0 spiro atoms. The van der Waals surface area contributed by atoms with Crippen molar-refractivity contribution in [2.24, 2.45) is 0 Å². The van der Waals surface area contributed by atoms with Gasteiger partial charge in [-0.25, -0.2) is 0 Å². The first kappa shape index (κ1) is 11.8. The zero-order valence-corrected chi connectivity index (χ0v) is 13.4. The van der Waals surface area contributed by atoms with Gasteiger partial charge in [-0.15, -0.1) is 0 Å². The molecule has 0 bridgehead atoms. The molecule has 0 saturated heterocycles. The molecule has 1 aromatic carbocycles. The molecule has 0 aromatic heterocycles. The summed E-state index contributed by atoms with van der Waals surface area (Å²) in [6.45, 7) is 0. The number of halogens is 5. The van der Waals surface area contributed by atoms with Crippen LogP contribution in [0.1, 0.15) is 0 Å². The molecule has 1 rings (SSSR count).